The summed E-state index contributed by atoms with van der Waals surface area (Å²) >= 11 is 0. The highest BCUT2D eigenvalue weighted by Gasteiger charge is 2.30. The van der Waals surface area contributed by atoms with E-state index in [1.54, 1.807) is 11.9 Å². The van der Waals surface area contributed by atoms with E-state index in [0.29, 0.717) is 5.56 Å². The average molecular weight is 273 g/mol. The number of rotatable bonds is 4. The van der Waals surface area contributed by atoms with Gasteiger partial charge in [-0.15, -0.1) is 0 Å². The summed E-state index contributed by atoms with van der Waals surface area (Å²) in [6, 6.07) is 4.99. The van der Waals surface area contributed by atoms with Gasteiger partial charge in [-0.3, -0.25) is 4.79 Å². The third-order valence-electron chi connectivity index (χ3n) is 3.26. The van der Waals surface area contributed by atoms with Gasteiger partial charge < -0.3 is 4.90 Å². The molecule has 1 rings (SSSR count). The molecular formula is C14H18F3NO. The summed E-state index contributed by atoms with van der Waals surface area (Å²) in [5.74, 6) is -0.173. The van der Waals surface area contributed by atoms with Crippen molar-refractivity contribution in [3.05, 3.63) is 35.4 Å². The molecule has 0 spiro atoms. The predicted molar refractivity (Wildman–Crippen MR) is 67.7 cm³/mol. The van der Waals surface area contributed by atoms with Crippen LogP contribution in [-0.2, 0) is 17.4 Å². The number of carbonyl (C=O) groups is 1. The van der Waals surface area contributed by atoms with E-state index in [-0.39, 0.29) is 18.4 Å². The summed E-state index contributed by atoms with van der Waals surface area (Å²) in [5, 5.41) is 0. The normalized spacial score (nSPS) is 13.2. The zero-order valence-electron chi connectivity index (χ0n) is 11.3. The summed E-state index contributed by atoms with van der Waals surface area (Å²) in [5.41, 5.74) is -0.334. The fourth-order valence-electron chi connectivity index (χ4n) is 1.68. The van der Waals surface area contributed by atoms with E-state index in [1.807, 2.05) is 13.8 Å². The lowest BCUT2D eigenvalue weighted by atomic mass is 10.1. The van der Waals surface area contributed by atoms with Crippen LogP contribution in [0.1, 0.15) is 31.4 Å². The Bertz CT molecular complexity index is 443. The van der Waals surface area contributed by atoms with Crippen molar-refractivity contribution in [3.63, 3.8) is 0 Å². The molecule has 0 aliphatic heterocycles. The summed E-state index contributed by atoms with van der Waals surface area (Å²) in [4.78, 5) is 13.5. The number of amides is 1. The molecule has 0 saturated carbocycles. The standard InChI is InChI=1S/C14H18F3NO/c1-4-10(2)18(3)13(19)9-11-6-5-7-12(8-11)14(15,16)17/h5-8,10H,4,9H2,1-3H3. The van der Waals surface area contributed by atoms with Gasteiger partial charge in [0.1, 0.15) is 0 Å². The Morgan fingerprint density at radius 1 is 1.37 bits per heavy atom. The van der Waals surface area contributed by atoms with Crippen molar-refractivity contribution in [2.24, 2.45) is 0 Å². The van der Waals surface area contributed by atoms with Gasteiger partial charge in [0.15, 0.2) is 0 Å². The van der Waals surface area contributed by atoms with E-state index in [0.717, 1.165) is 18.6 Å². The second-order valence-corrected chi connectivity index (χ2v) is 4.64. The lowest BCUT2D eigenvalue weighted by Crippen LogP contribution is -2.35. The molecule has 5 heteroatoms. The number of halogens is 3. The molecular weight excluding hydrogens is 255 g/mol. The van der Waals surface area contributed by atoms with Gasteiger partial charge in [0.05, 0.1) is 12.0 Å². The second-order valence-electron chi connectivity index (χ2n) is 4.64. The molecule has 1 unspecified atom stereocenters. The zero-order chi connectivity index (χ0) is 14.6. The first kappa shape index (κ1) is 15.5. The Kier molecular flexibility index (Phi) is 4.97. The van der Waals surface area contributed by atoms with Crippen LogP contribution in [0.3, 0.4) is 0 Å². The van der Waals surface area contributed by atoms with Crippen LogP contribution in [0.15, 0.2) is 24.3 Å². The molecule has 0 radical (unpaired) electrons. The Morgan fingerprint density at radius 3 is 2.53 bits per heavy atom. The fraction of sp³-hybridized carbons (Fsp3) is 0.500. The number of carbonyl (C=O) groups excluding carboxylic acids is 1. The Hall–Kier alpha value is -1.52. The molecule has 0 aromatic heterocycles. The monoisotopic (exact) mass is 273 g/mol. The SMILES string of the molecule is CCC(C)N(C)C(=O)Cc1cccc(C(F)(F)F)c1. The number of hydrogen-bond acceptors (Lipinski definition) is 1. The van der Waals surface area contributed by atoms with E-state index in [4.69, 9.17) is 0 Å². The summed E-state index contributed by atoms with van der Waals surface area (Å²) in [6.07, 6.45) is -3.57. The van der Waals surface area contributed by atoms with Crippen molar-refractivity contribution in [1.29, 1.82) is 0 Å². The van der Waals surface area contributed by atoms with Gasteiger partial charge in [-0.1, -0.05) is 25.1 Å². The van der Waals surface area contributed by atoms with Gasteiger partial charge in [-0.25, -0.2) is 0 Å². The third-order valence-corrected chi connectivity index (χ3v) is 3.26. The molecule has 0 aliphatic carbocycles. The maximum atomic E-state index is 12.6. The molecule has 0 bridgehead atoms. The second kappa shape index (κ2) is 6.08. The number of nitrogens with zero attached hydrogens (tertiary/aromatic N) is 1. The van der Waals surface area contributed by atoms with Crippen LogP contribution in [-0.4, -0.2) is 23.9 Å². The lowest BCUT2D eigenvalue weighted by Gasteiger charge is -2.24. The van der Waals surface area contributed by atoms with Crippen molar-refractivity contribution in [2.45, 2.75) is 38.9 Å². The highest BCUT2D eigenvalue weighted by Crippen LogP contribution is 2.29. The van der Waals surface area contributed by atoms with E-state index in [2.05, 4.69) is 0 Å². The molecule has 0 fully saturated rings. The molecule has 1 amide bonds. The van der Waals surface area contributed by atoms with E-state index in [9.17, 15) is 18.0 Å². The summed E-state index contributed by atoms with van der Waals surface area (Å²) < 4.78 is 37.7. The highest BCUT2D eigenvalue weighted by atomic mass is 19.4. The van der Waals surface area contributed by atoms with Crippen LogP contribution >= 0.6 is 0 Å². The van der Waals surface area contributed by atoms with Crippen LogP contribution in [0.4, 0.5) is 13.2 Å². The van der Waals surface area contributed by atoms with Gasteiger partial charge in [0.2, 0.25) is 5.91 Å². The summed E-state index contributed by atoms with van der Waals surface area (Å²) in [6.45, 7) is 3.86. The lowest BCUT2D eigenvalue weighted by molar-refractivity contribution is -0.138. The Labute approximate surface area is 111 Å². The number of benzene rings is 1. The number of alkyl halides is 3. The topological polar surface area (TPSA) is 20.3 Å². The highest BCUT2D eigenvalue weighted by molar-refractivity contribution is 5.78. The molecule has 2 nitrogen and oxygen atoms in total. The molecule has 1 atom stereocenters. The predicted octanol–water partition coefficient (Wildman–Crippen LogP) is 3.50. The minimum Gasteiger partial charge on any atom is -0.343 e. The Balaban J connectivity index is 2.80. The molecule has 0 aliphatic rings. The van der Waals surface area contributed by atoms with Crippen LogP contribution in [0.25, 0.3) is 0 Å². The fourth-order valence-corrected chi connectivity index (χ4v) is 1.68. The minimum atomic E-state index is -4.37. The van der Waals surface area contributed by atoms with Crippen LogP contribution < -0.4 is 0 Å². The third kappa shape index (κ3) is 4.26. The molecule has 1 aromatic carbocycles. The number of likely N-dealkylation sites (N-methyl/N-ethyl adjacent to an activating group) is 1. The summed E-state index contributed by atoms with van der Waals surface area (Å²) in [7, 11) is 1.67. The van der Waals surface area contributed by atoms with Crippen LogP contribution in [0, 0.1) is 0 Å². The first-order valence-electron chi connectivity index (χ1n) is 6.17. The molecule has 19 heavy (non-hydrogen) atoms. The number of hydrogen-bond donors (Lipinski definition) is 0. The maximum absolute atomic E-state index is 12.6. The molecule has 1 aromatic rings. The quantitative estimate of drug-likeness (QED) is 0.822. The first-order chi connectivity index (χ1) is 8.75. The van der Waals surface area contributed by atoms with Crippen molar-refractivity contribution in [3.8, 4) is 0 Å². The Morgan fingerprint density at radius 2 is 2.00 bits per heavy atom. The van der Waals surface area contributed by atoms with Gasteiger partial charge in [-0.2, -0.15) is 13.2 Å². The van der Waals surface area contributed by atoms with Crippen molar-refractivity contribution >= 4 is 5.91 Å². The van der Waals surface area contributed by atoms with Crippen molar-refractivity contribution in [2.75, 3.05) is 7.05 Å². The minimum absolute atomic E-state index is 0.00917. The molecule has 106 valence electrons. The smallest absolute Gasteiger partial charge is 0.343 e. The molecule has 0 saturated heterocycles. The average Bonchev–Trinajstić information content (AvgIpc) is 2.36. The zero-order valence-corrected chi connectivity index (χ0v) is 11.3. The van der Waals surface area contributed by atoms with Crippen molar-refractivity contribution < 1.29 is 18.0 Å². The van der Waals surface area contributed by atoms with Gasteiger partial charge >= 0.3 is 6.18 Å². The maximum Gasteiger partial charge on any atom is 0.416 e. The molecule has 0 heterocycles. The van der Waals surface area contributed by atoms with Gasteiger partial charge in [0, 0.05) is 13.1 Å². The first-order valence-corrected chi connectivity index (χ1v) is 6.17. The van der Waals surface area contributed by atoms with Gasteiger partial charge in [0.25, 0.3) is 0 Å². The van der Waals surface area contributed by atoms with Crippen LogP contribution in [0.2, 0.25) is 0 Å². The van der Waals surface area contributed by atoms with Crippen LogP contribution in [0.5, 0.6) is 0 Å². The van der Waals surface area contributed by atoms with E-state index < -0.39 is 11.7 Å². The molecule has 0 N–H and O–H groups in total. The van der Waals surface area contributed by atoms with E-state index >= 15 is 0 Å². The largest absolute Gasteiger partial charge is 0.416 e. The van der Waals surface area contributed by atoms with Gasteiger partial charge in [-0.05, 0) is 25.0 Å². The van der Waals surface area contributed by atoms with Crippen molar-refractivity contribution in [1.82, 2.24) is 4.90 Å². The van der Waals surface area contributed by atoms with E-state index in [1.165, 1.54) is 12.1 Å².